The van der Waals surface area contributed by atoms with Crippen LogP contribution in [0.3, 0.4) is 0 Å². The molecule has 0 atom stereocenters. The van der Waals surface area contributed by atoms with Crippen LogP contribution in [0.15, 0.2) is 250 Å². The zero-order valence-corrected chi connectivity index (χ0v) is 38.2. The summed E-state index contributed by atoms with van der Waals surface area (Å²) in [5.41, 5.74) is 17.3. The molecule has 0 aliphatic heterocycles. The lowest BCUT2D eigenvalue weighted by molar-refractivity contribution is 1.07. The van der Waals surface area contributed by atoms with E-state index in [1.165, 1.54) is 76.7 Å². The zero-order chi connectivity index (χ0) is 46.7. The van der Waals surface area contributed by atoms with E-state index in [2.05, 4.69) is 186 Å². The van der Waals surface area contributed by atoms with Crippen molar-refractivity contribution in [2.75, 3.05) is 0 Å². The van der Waals surface area contributed by atoms with Gasteiger partial charge in [0, 0.05) is 49.6 Å². The fraction of sp³-hybridized carbons (Fsp3) is 0. The molecule has 1 aliphatic carbocycles. The number of aromatic nitrogens is 5. The van der Waals surface area contributed by atoms with Gasteiger partial charge in [-0.3, -0.25) is 0 Å². The Kier molecular flexibility index (Phi) is 9.73. The fourth-order valence-electron chi connectivity index (χ4n) is 10.6. The summed E-state index contributed by atoms with van der Waals surface area (Å²) in [6.07, 6.45) is 3.28. The van der Waals surface area contributed by atoms with E-state index < -0.39 is 0 Å². The molecule has 328 valence electrons. The van der Waals surface area contributed by atoms with Gasteiger partial charge in [0.2, 0.25) is 0 Å². The second kappa shape index (κ2) is 16.7. The van der Waals surface area contributed by atoms with Crippen LogP contribution >= 0.6 is 0 Å². The van der Waals surface area contributed by atoms with Gasteiger partial charge in [-0.1, -0.05) is 189 Å². The van der Waals surface area contributed by atoms with Crippen LogP contribution in [0.25, 0.3) is 133 Å². The first kappa shape index (κ1) is 40.8. The van der Waals surface area contributed by atoms with Crippen molar-refractivity contribution in [2.45, 2.75) is 0 Å². The predicted octanol–water partition coefficient (Wildman–Crippen LogP) is 16.9. The molecular formula is C65H43N5. The van der Waals surface area contributed by atoms with Crippen LogP contribution in [-0.4, -0.2) is 24.1 Å². The van der Waals surface area contributed by atoms with Gasteiger partial charge in [-0.05, 0) is 105 Å². The molecule has 0 unspecified atom stereocenters. The number of hydrogen-bond donors (Lipinski definition) is 0. The molecule has 0 saturated heterocycles. The Morgan fingerprint density at radius 3 is 1.43 bits per heavy atom. The van der Waals surface area contributed by atoms with Crippen molar-refractivity contribution in [3.8, 4) is 78.9 Å². The number of nitrogens with zero attached hydrogens (tertiary/aromatic N) is 5. The van der Waals surface area contributed by atoms with E-state index in [1.54, 1.807) is 12.2 Å². The van der Waals surface area contributed by atoms with Gasteiger partial charge in [0.25, 0.3) is 0 Å². The van der Waals surface area contributed by atoms with E-state index in [0.717, 1.165) is 39.1 Å². The molecule has 0 N–H and O–H groups in total. The number of hydrogen-bond acceptors (Lipinski definition) is 3. The normalized spacial score (nSPS) is 11.5. The summed E-state index contributed by atoms with van der Waals surface area (Å²) in [5, 5.41) is 7.55. The van der Waals surface area contributed by atoms with Crippen molar-refractivity contribution in [3.63, 3.8) is 0 Å². The minimum absolute atomic E-state index is 0.628. The summed E-state index contributed by atoms with van der Waals surface area (Å²) in [7, 11) is 0. The van der Waals surface area contributed by atoms with E-state index in [1.807, 2.05) is 60.7 Å². The van der Waals surface area contributed by atoms with Gasteiger partial charge in [0.05, 0.1) is 22.1 Å². The molecule has 14 rings (SSSR count). The molecule has 0 fully saturated rings. The Morgan fingerprint density at radius 2 is 0.757 bits per heavy atom. The highest BCUT2D eigenvalue weighted by Crippen LogP contribution is 2.51. The summed E-state index contributed by atoms with van der Waals surface area (Å²) in [6, 6.07) is 80.4. The van der Waals surface area contributed by atoms with Crippen LogP contribution in [0.5, 0.6) is 0 Å². The topological polar surface area (TPSA) is 48.5 Å². The molecule has 3 aromatic heterocycles. The van der Waals surface area contributed by atoms with E-state index >= 15 is 0 Å². The molecule has 0 amide bonds. The third-order valence-corrected chi connectivity index (χ3v) is 13.6. The van der Waals surface area contributed by atoms with Gasteiger partial charge in [-0.25, -0.2) is 15.0 Å². The monoisotopic (exact) mass is 893 g/mol. The third-order valence-electron chi connectivity index (χ3n) is 13.6. The quantitative estimate of drug-likeness (QED) is 0.150. The Bertz CT molecular complexity index is 4140. The minimum atomic E-state index is 0.628. The standard InChI is InChI=1S/C61H37N5.C4H6/c1-4-16-38(17-5-1)59-62-60(39-18-6-2-7-19-39)64-61(63-59)42-20-14-23-44(34-42)66-53-29-13-12-26-47(53)50-35-40(30-32-54(50)66)41-31-33-55-52(36-41)58-49-28-15-27-48-45-24-10-11-25-46(45)51(57(48)49)37-56(58)65(55)43-21-8-3-9-22-43;1-3-4-2/h1-37H;3-4H,1-2H2. The zero-order valence-electron chi connectivity index (χ0n) is 38.2. The summed E-state index contributed by atoms with van der Waals surface area (Å²) in [5.74, 6) is 1.91. The van der Waals surface area contributed by atoms with Crippen molar-refractivity contribution < 1.29 is 0 Å². The highest BCUT2D eigenvalue weighted by molar-refractivity contribution is 6.29. The molecule has 5 nitrogen and oxygen atoms in total. The SMILES string of the molecule is C=CC=C.c1ccc(-c2nc(-c3ccccc3)nc(-c3cccc(-n4c5ccccc5c5cc(-c6ccc7c(c6)c6c8cccc9c8c(cc6n7-c6ccccc6)-c6ccccc6-9)ccc54)c3)n2)cc1. The lowest BCUT2D eigenvalue weighted by Gasteiger charge is -2.12. The minimum Gasteiger partial charge on any atom is -0.309 e. The molecule has 0 saturated carbocycles. The van der Waals surface area contributed by atoms with Gasteiger partial charge in [-0.15, -0.1) is 0 Å². The molecule has 10 aromatic carbocycles. The predicted molar refractivity (Wildman–Crippen MR) is 293 cm³/mol. The molecule has 3 heterocycles. The van der Waals surface area contributed by atoms with Gasteiger partial charge in [-0.2, -0.15) is 0 Å². The maximum atomic E-state index is 5.06. The number of benzene rings is 10. The van der Waals surface area contributed by atoms with Crippen LogP contribution in [0.1, 0.15) is 0 Å². The van der Waals surface area contributed by atoms with Gasteiger partial charge >= 0.3 is 0 Å². The lowest BCUT2D eigenvalue weighted by Crippen LogP contribution is -2.01. The largest absolute Gasteiger partial charge is 0.309 e. The Hall–Kier alpha value is -9.45. The van der Waals surface area contributed by atoms with Crippen LogP contribution in [0.4, 0.5) is 0 Å². The Balaban J connectivity index is 0.00000116. The summed E-state index contributed by atoms with van der Waals surface area (Å²) < 4.78 is 4.82. The average Bonchev–Trinajstić information content (AvgIpc) is 4.07. The molecule has 0 spiro atoms. The number of fused-ring (bicyclic) bond motifs is 10. The van der Waals surface area contributed by atoms with Crippen molar-refractivity contribution in [3.05, 3.63) is 250 Å². The van der Waals surface area contributed by atoms with Crippen molar-refractivity contribution in [1.82, 2.24) is 24.1 Å². The first-order chi connectivity index (χ1) is 34.6. The van der Waals surface area contributed by atoms with Gasteiger partial charge in [0.15, 0.2) is 17.5 Å². The van der Waals surface area contributed by atoms with Gasteiger partial charge in [0.1, 0.15) is 0 Å². The molecule has 1 aliphatic rings. The van der Waals surface area contributed by atoms with E-state index in [4.69, 9.17) is 15.0 Å². The van der Waals surface area contributed by atoms with Crippen molar-refractivity contribution in [1.29, 1.82) is 0 Å². The summed E-state index contributed by atoms with van der Waals surface area (Å²) in [4.78, 5) is 15.0. The Morgan fingerprint density at radius 1 is 0.286 bits per heavy atom. The molecule has 13 aromatic rings. The molecule has 5 heteroatoms. The first-order valence-electron chi connectivity index (χ1n) is 23.6. The molecule has 70 heavy (non-hydrogen) atoms. The average molecular weight is 894 g/mol. The van der Waals surface area contributed by atoms with Crippen molar-refractivity contribution in [2.24, 2.45) is 0 Å². The van der Waals surface area contributed by atoms with E-state index in [0.29, 0.717) is 17.5 Å². The van der Waals surface area contributed by atoms with E-state index in [9.17, 15) is 0 Å². The van der Waals surface area contributed by atoms with Gasteiger partial charge < -0.3 is 9.13 Å². The second-order valence-corrected chi connectivity index (χ2v) is 17.6. The van der Waals surface area contributed by atoms with Crippen LogP contribution in [0, 0.1) is 0 Å². The third kappa shape index (κ3) is 6.59. The maximum Gasteiger partial charge on any atom is 0.164 e. The number of rotatable bonds is 7. The smallest absolute Gasteiger partial charge is 0.164 e. The molecular weight excluding hydrogens is 851 g/mol. The molecule has 0 bridgehead atoms. The Labute approximate surface area is 405 Å². The second-order valence-electron chi connectivity index (χ2n) is 17.6. The first-order valence-corrected chi connectivity index (χ1v) is 23.6. The van der Waals surface area contributed by atoms with Crippen LogP contribution < -0.4 is 0 Å². The lowest BCUT2D eigenvalue weighted by atomic mass is 9.96. The van der Waals surface area contributed by atoms with E-state index in [-0.39, 0.29) is 0 Å². The van der Waals surface area contributed by atoms with Crippen molar-refractivity contribution >= 4 is 54.4 Å². The molecule has 0 radical (unpaired) electrons. The van der Waals surface area contributed by atoms with Crippen LogP contribution in [-0.2, 0) is 0 Å². The highest BCUT2D eigenvalue weighted by atomic mass is 15.0. The number of para-hydroxylation sites is 2. The van der Waals surface area contributed by atoms with Crippen LogP contribution in [0.2, 0.25) is 0 Å². The number of allylic oxidation sites excluding steroid dienone is 2. The fourth-order valence-corrected chi connectivity index (χ4v) is 10.6. The maximum absolute atomic E-state index is 5.06. The highest BCUT2D eigenvalue weighted by Gasteiger charge is 2.26. The summed E-state index contributed by atoms with van der Waals surface area (Å²) >= 11 is 0. The summed E-state index contributed by atoms with van der Waals surface area (Å²) in [6.45, 7) is 6.72.